The molecule has 25 heavy (non-hydrogen) atoms. The van der Waals surface area contributed by atoms with E-state index in [9.17, 15) is 9.59 Å². The van der Waals surface area contributed by atoms with Crippen LogP contribution in [0.5, 0.6) is 11.5 Å². The number of methoxy groups -OCH3 is 1. The van der Waals surface area contributed by atoms with Crippen molar-refractivity contribution in [3.8, 4) is 11.5 Å². The Hall–Kier alpha value is -3.48. The number of ether oxygens (including phenoxy) is 2. The molecule has 0 aliphatic rings. The molecule has 0 bridgehead atoms. The average molecular weight is 337 g/mol. The molecule has 0 aliphatic carbocycles. The van der Waals surface area contributed by atoms with E-state index in [1.165, 1.54) is 24.8 Å². The van der Waals surface area contributed by atoms with Gasteiger partial charge in [0.25, 0.3) is 5.91 Å². The molecule has 1 heterocycles. The van der Waals surface area contributed by atoms with Gasteiger partial charge in [0.2, 0.25) is 0 Å². The van der Waals surface area contributed by atoms with Crippen LogP contribution in [-0.2, 0) is 4.79 Å². The molecule has 0 fully saturated rings. The first-order valence-corrected chi connectivity index (χ1v) is 7.48. The molecule has 0 saturated heterocycles. The first-order chi connectivity index (χ1) is 12.1. The van der Waals surface area contributed by atoms with Crippen LogP contribution in [0.25, 0.3) is 17.1 Å². The normalized spacial score (nSPS) is 11.0. The van der Waals surface area contributed by atoms with Crippen LogP contribution in [0.4, 0.5) is 0 Å². The van der Waals surface area contributed by atoms with E-state index in [0.717, 1.165) is 0 Å². The number of para-hydroxylation sites is 1. The second-order valence-corrected chi connectivity index (χ2v) is 5.17. The summed E-state index contributed by atoms with van der Waals surface area (Å²) in [6.07, 6.45) is 2.98. The fourth-order valence-electron chi connectivity index (χ4n) is 2.30. The number of rotatable bonds is 4. The fourth-order valence-corrected chi connectivity index (χ4v) is 2.30. The number of allylic oxidation sites excluding steroid dienone is 1. The van der Waals surface area contributed by atoms with Crippen molar-refractivity contribution in [2.24, 2.45) is 0 Å². The molecule has 0 spiro atoms. The molecule has 7 nitrogen and oxygen atoms in total. The van der Waals surface area contributed by atoms with Crippen molar-refractivity contribution in [3.05, 3.63) is 54.1 Å². The molecule has 2 aromatic carbocycles. The number of aromatic nitrogens is 3. The highest BCUT2D eigenvalue weighted by Gasteiger charge is 2.10. The Bertz CT molecular complexity index is 975. The van der Waals surface area contributed by atoms with Gasteiger partial charge < -0.3 is 9.47 Å². The third kappa shape index (κ3) is 3.55. The van der Waals surface area contributed by atoms with Gasteiger partial charge in [0, 0.05) is 13.0 Å². The lowest BCUT2D eigenvalue weighted by Gasteiger charge is -2.08. The first kappa shape index (κ1) is 16.4. The van der Waals surface area contributed by atoms with Crippen LogP contribution in [0.15, 0.2) is 48.5 Å². The summed E-state index contributed by atoms with van der Waals surface area (Å²) in [5.74, 6) is -0.0695. The number of hydrogen-bond acceptors (Lipinski definition) is 6. The van der Waals surface area contributed by atoms with Gasteiger partial charge in [-0.2, -0.15) is 4.68 Å². The van der Waals surface area contributed by atoms with E-state index < -0.39 is 5.97 Å². The molecule has 3 rings (SSSR count). The zero-order chi connectivity index (χ0) is 17.8. The zero-order valence-corrected chi connectivity index (χ0v) is 13.7. The van der Waals surface area contributed by atoms with Crippen LogP contribution in [0, 0.1) is 0 Å². The zero-order valence-electron chi connectivity index (χ0n) is 13.7. The molecular formula is C18H15N3O4. The molecule has 0 radical (unpaired) electrons. The standard InChI is InChI=1S/C18H15N3O4/c1-12(22)25-17-11-13(7-9-16(17)24-2)8-10-18(23)21-15-6-4-3-5-14(15)19-20-21/h3-11H,1-2H3/b10-8+. The highest BCUT2D eigenvalue weighted by atomic mass is 16.6. The molecule has 7 heteroatoms. The van der Waals surface area contributed by atoms with E-state index in [2.05, 4.69) is 10.3 Å². The Balaban J connectivity index is 1.86. The Morgan fingerprint density at radius 3 is 2.68 bits per heavy atom. The molecule has 1 aromatic heterocycles. The minimum absolute atomic E-state index is 0.288. The minimum Gasteiger partial charge on any atom is -0.493 e. The Morgan fingerprint density at radius 1 is 1.12 bits per heavy atom. The molecular weight excluding hydrogens is 322 g/mol. The number of carbonyl (C=O) groups excluding carboxylic acids is 2. The maximum absolute atomic E-state index is 12.3. The van der Waals surface area contributed by atoms with E-state index in [1.807, 2.05) is 12.1 Å². The minimum atomic E-state index is -0.454. The summed E-state index contributed by atoms with van der Waals surface area (Å²) >= 11 is 0. The Morgan fingerprint density at radius 2 is 1.92 bits per heavy atom. The summed E-state index contributed by atoms with van der Waals surface area (Å²) in [7, 11) is 1.48. The summed E-state index contributed by atoms with van der Waals surface area (Å²) in [6, 6.07) is 12.2. The number of fused-ring (bicyclic) bond motifs is 1. The summed E-state index contributed by atoms with van der Waals surface area (Å²) in [4.78, 5) is 23.5. The van der Waals surface area contributed by atoms with E-state index in [4.69, 9.17) is 9.47 Å². The van der Waals surface area contributed by atoms with Gasteiger partial charge in [0.05, 0.1) is 12.6 Å². The average Bonchev–Trinajstić information content (AvgIpc) is 3.03. The van der Waals surface area contributed by atoms with Crippen LogP contribution in [0.3, 0.4) is 0 Å². The Labute approximate surface area is 143 Å². The molecule has 0 saturated carbocycles. The van der Waals surface area contributed by atoms with E-state index >= 15 is 0 Å². The maximum Gasteiger partial charge on any atom is 0.308 e. The van der Waals surface area contributed by atoms with Crippen LogP contribution >= 0.6 is 0 Å². The van der Waals surface area contributed by atoms with Crippen molar-refractivity contribution in [2.75, 3.05) is 7.11 Å². The second kappa shape index (κ2) is 6.96. The number of nitrogens with zero attached hydrogens (tertiary/aromatic N) is 3. The van der Waals surface area contributed by atoms with Crippen LogP contribution in [0.1, 0.15) is 17.3 Å². The lowest BCUT2D eigenvalue weighted by molar-refractivity contribution is -0.132. The molecule has 0 aliphatic heterocycles. The summed E-state index contributed by atoms with van der Waals surface area (Å²) in [6.45, 7) is 1.31. The van der Waals surface area contributed by atoms with Gasteiger partial charge in [-0.1, -0.05) is 23.4 Å². The van der Waals surface area contributed by atoms with Crippen LogP contribution in [0.2, 0.25) is 0 Å². The SMILES string of the molecule is COc1ccc(/C=C/C(=O)n2nnc3ccccc32)cc1OC(C)=O. The summed E-state index contributed by atoms with van der Waals surface area (Å²) in [5, 5.41) is 7.82. The summed E-state index contributed by atoms with van der Waals surface area (Å²) in [5.41, 5.74) is 1.95. The number of hydrogen-bond donors (Lipinski definition) is 0. The van der Waals surface area contributed by atoms with Crippen molar-refractivity contribution in [1.29, 1.82) is 0 Å². The quantitative estimate of drug-likeness (QED) is 0.413. The van der Waals surface area contributed by atoms with Crippen molar-refractivity contribution in [3.63, 3.8) is 0 Å². The van der Waals surface area contributed by atoms with Gasteiger partial charge in [-0.25, -0.2) is 0 Å². The number of carbonyl (C=O) groups is 2. The van der Waals surface area contributed by atoms with E-state index in [-0.39, 0.29) is 11.7 Å². The molecule has 0 N–H and O–H groups in total. The Kier molecular flexibility index (Phi) is 4.56. The van der Waals surface area contributed by atoms with E-state index in [0.29, 0.717) is 22.3 Å². The second-order valence-electron chi connectivity index (χ2n) is 5.17. The monoisotopic (exact) mass is 337 g/mol. The van der Waals surface area contributed by atoms with Crippen molar-refractivity contribution >= 4 is 29.0 Å². The number of esters is 1. The van der Waals surface area contributed by atoms with E-state index in [1.54, 1.807) is 36.4 Å². The fraction of sp³-hybridized carbons (Fsp3) is 0.111. The highest BCUT2D eigenvalue weighted by Crippen LogP contribution is 2.28. The summed E-state index contributed by atoms with van der Waals surface area (Å²) < 4.78 is 11.5. The molecule has 0 unspecified atom stereocenters. The molecule has 0 atom stereocenters. The third-order valence-corrected chi connectivity index (χ3v) is 3.42. The first-order valence-electron chi connectivity index (χ1n) is 7.48. The molecule has 0 amide bonds. The lowest BCUT2D eigenvalue weighted by atomic mass is 10.2. The largest absolute Gasteiger partial charge is 0.493 e. The highest BCUT2D eigenvalue weighted by molar-refractivity contribution is 5.98. The smallest absolute Gasteiger partial charge is 0.308 e. The van der Waals surface area contributed by atoms with Crippen molar-refractivity contribution in [1.82, 2.24) is 15.0 Å². The molecule has 126 valence electrons. The van der Waals surface area contributed by atoms with Gasteiger partial charge in [0.15, 0.2) is 11.5 Å². The number of benzene rings is 2. The topological polar surface area (TPSA) is 83.3 Å². The van der Waals surface area contributed by atoms with Gasteiger partial charge in [-0.3, -0.25) is 9.59 Å². The van der Waals surface area contributed by atoms with Gasteiger partial charge in [-0.05, 0) is 35.9 Å². The van der Waals surface area contributed by atoms with Crippen LogP contribution < -0.4 is 9.47 Å². The van der Waals surface area contributed by atoms with Crippen molar-refractivity contribution < 1.29 is 19.1 Å². The van der Waals surface area contributed by atoms with Crippen molar-refractivity contribution in [2.45, 2.75) is 6.92 Å². The lowest BCUT2D eigenvalue weighted by Crippen LogP contribution is -2.09. The third-order valence-electron chi connectivity index (χ3n) is 3.42. The van der Waals surface area contributed by atoms with Gasteiger partial charge in [0.1, 0.15) is 5.52 Å². The maximum atomic E-state index is 12.3. The predicted octanol–water partition coefficient (Wildman–Crippen LogP) is 2.72. The van der Waals surface area contributed by atoms with Crippen LogP contribution in [-0.4, -0.2) is 34.0 Å². The molecule has 3 aromatic rings. The van der Waals surface area contributed by atoms with Gasteiger partial charge >= 0.3 is 5.97 Å². The predicted molar refractivity (Wildman–Crippen MR) is 91.5 cm³/mol. The van der Waals surface area contributed by atoms with Gasteiger partial charge in [-0.15, -0.1) is 5.10 Å².